The SMILES string of the molecule is O=C(Nc1ccc(-c2ccc(NC(=O)C3CN4CCC3CC4)cc2)cc1)NC1CCCC1. The first-order chi connectivity index (χ1) is 15.6. The van der Waals surface area contributed by atoms with Crippen LogP contribution in [0.1, 0.15) is 38.5 Å². The normalized spacial score (nSPS) is 24.8. The zero-order chi connectivity index (χ0) is 21.9. The lowest BCUT2D eigenvalue weighted by Gasteiger charge is -2.43. The van der Waals surface area contributed by atoms with Crippen molar-refractivity contribution in [1.29, 1.82) is 0 Å². The minimum absolute atomic E-state index is 0.114. The number of fused-ring (bicyclic) bond motifs is 3. The highest BCUT2D eigenvalue weighted by Crippen LogP contribution is 2.33. The van der Waals surface area contributed by atoms with Crippen molar-refractivity contribution in [2.45, 2.75) is 44.6 Å². The molecule has 2 aromatic carbocycles. The first kappa shape index (κ1) is 21.0. The molecule has 3 N–H and O–H groups in total. The second-order valence-corrected chi connectivity index (χ2v) is 9.47. The predicted octanol–water partition coefficient (Wildman–Crippen LogP) is 4.70. The second kappa shape index (κ2) is 9.33. The van der Waals surface area contributed by atoms with Crippen LogP contribution in [0.5, 0.6) is 0 Å². The van der Waals surface area contributed by atoms with E-state index in [4.69, 9.17) is 0 Å². The van der Waals surface area contributed by atoms with Gasteiger partial charge in [-0.25, -0.2) is 4.79 Å². The van der Waals surface area contributed by atoms with E-state index in [0.717, 1.165) is 67.8 Å². The van der Waals surface area contributed by atoms with Gasteiger partial charge in [-0.2, -0.15) is 0 Å². The number of nitrogens with zero attached hydrogens (tertiary/aromatic N) is 1. The van der Waals surface area contributed by atoms with E-state index in [9.17, 15) is 9.59 Å². The lowest BCUT2D eigenvalue weighted by molar-refractivity contribution is -0.125. The number of hydrogen-bond donors (Lipinski definition) is 3. The topological polar surface area (TPSA) is 73.5 Å². The number of nitrogens with one attached hydrogen (secondary N) is 3. The smallest absolute Gasteiger partial charge is 0.319 e. The van der Waals surface area contributed by atoms with Crippen molar-refractivity contribution in [3.8, 4) is 11.1 Å². The number of carbonyl (C=O) groups excluding carboxylic acids is 2. The van der Waals surface area contributed by atoms with E-state index in [1.165, 1.54) is 12.8 Å². The van der Waals surface area contributed by atoms with Crippen LogP contribution in [-0.2, 0) is 4.79 Å². The molecule has 3 aliphatic heterocycles. The summed E-state index contributed by atoms with van der Waals surface area (Å²) in [5, 5.41) is 9.08. The molecule has 3 heterocycles. The van der Waals surface area contributed by atoms with Crippen molar-refractivity contribution in [1.82, 2.24) is 10.2 Å². The molecule has 0 spiro atoms. The molecule has 2 bridgehead atoms. The molecule has 6 rings (SSSR count). The van der Waals surface area contributed by atoms with Crippen LogP contribution < -0.4 is 16.0 Å². The number of carbonyl (C=O) groups is 2. The molecule has 32 heavy (non-hydrogen) atoms. The lowest BCUT2D eigenvalue weighted by atomic mass is 9.78. The number of benzene rings is 2. The first-order valence-corrected chi connectivity index (χ1v) is 12.0. The van der Waals surface area contributed by atoms with Gasteiger partial charge in [0.25, 0.3) is 0 Å². The zero-order valence-electron chi connectivity index (χ0n) is 18.5. The minimum atomic E-state index is -0.132. The minimum Gasteiger partial charge on any atom is -0.335 e. The monoisotopic (exact) mass is 432 g/mol. The van der Waals surface area contributed by atoms with Gasteiger partial charge in [0.05, 0.1) is 5.92 Å². The third-order valence-corrected chi connectivity index (χ3v) is 7.31. The van der Waals surface area contributed by atoms with Gasteiger partial charge in [0.1, 0.15) is 0 Å². The van der Waals surface area contributed by atoms with Crippen molar-refractivity contribution in [2.75, 3.05) is 30.3 Å². The standard InChI is InChI=1S/C26H32N4O2/c31-25(24-17-30-15-13-20(24)14-16-30)27-22-9-5-18(6-10-22)19-7-11-23(12-8-19)29-26(32)28-21-3-1-2-4-21/h5-12,20-21,24H,1-4,13-17H2,(H,27,31)(H2,28,29,32). The maximum Gasteiger partial charge on any atom is 0.319 e. The Hall–Kier alpha value is -2.86. The van der Waals surface area contributed by atoms with Crippen LogP contribution in [0, 0.1) is 11.8 Å². The van der Waals surface area contributed by atoms with Gasteiger partial charge in [0, 0.05) is 24.0 Å². The number of rotatable bonds is 5. The van der Waals surface area contributed by atoms with Crippen molar-refractivity contribution < 1.29 is 9.59 Å². The van der Waals surface area contributed by atoms with Gasteiger partial charge < -0.3 is 20.9 Å². The Morgan fingerprint density at radius 1 is 0.750 bits per heavy atom. The molecule has 3 amide bonds. The van der Waals surface area contributed by atoms with Gasteiger partial charge in [-0.05, 0) is 80.1 Å². The quantitative estimate of drug-likeness (QED) is 0.641. The average Bonchev–Trinajstić information content (AvgIpc) is 3.34. The van der Waals surface area contributed by atoms with Gasteiger partial charge >= 0.3 is 6.03 Å². The molecule has 168 valence electrons. The van der Waals surface area contributed by atoms with E-state index in [-0.39, 0.29) is 17.9 Å². The number of piperidine rings is 3. The first-order valence-electron chi connectivity index (χ1n) is 12.0. The summed E-state index contributed by atoms with van der Waals surface area (Å²) in [7, 11) is 0. The summed E-state index contributed by atoms with van der Waals surface area (Å²) in [6.07, 6.45) is 6.82. The van der Waals surface area contributed by atoms with E-state index in [1.54, 1.807) is 0 Å². The highest BCUT2D eigenvalue weighted by molar-refractivity contribution is 5.93. The molecular formula is C26H32N4O2. The fourth-order valence-electron chi connectivity index (χ4n) is 5.41. The van der Waals surface area contributed by atoms with Gasteiger partial charge in [-0.1, -0.05) is 37.1 Å². The Morgan fingerprint density at radius 3 is 1.84 bits per heavy atom. The van der Waals surface area contributed by atoms with Crippen molar-refractivity contribution in [3.63, 3.8) is 0 Å². The van der Waals surface area contributed by atoms with E-state index < -0.39 is 0 Å². The van der Waals surface area contributed by atoms with Crippen molar-refractivity contribution in [2.24, 2.45) is 11.8 Å². The molecule has 1 unspecified atom stereocenters. The van der Waals surface area contributed by atoms with Crippen LogP contribution in [0.25, 0.3) is 11.1 Å². The Kier molecular flexibility index (Phi) is 6.12. The third-order valence-electron chi connectivity index (χ3n) is 7.31. The Labute approximate surface area is 189 Å². The summed E-state index contributed by atoms with van der Waals surface area (Å²) in [6.45, 7) is 3.18. The third kappa shape index (κ3) is 4.80. The van der Waals surface area contributed by atoms with Crippen molar-refractivity contribution in [3.05, 3.63) is 48.5 Å². The summed E-state index contributed by atoms with van der Waals surface area (Å²) in [6, 6.07) is 16.0. The molecule has 6 nitrogen and oxygen atoms in total. The average molecular weight is 433 g/mol. The number of urea groups is 1. The highest BCUT2D eigenvalue weighted by Gasteiger charge is 2.38. The maximum atomic E-state index is 12.8. The van der Waals surface area contributed by atoms with Crippen LogP contribution >= 0.6 is 0 Å². The van der Waals surface area contributed by atoms with E-state index in [1.807, 2.05) is 48.5 Å². The summed E-state index contributed by atoms with van der Waals surface area (Å²) < 4.78 is 0. The molecule has 0 radical (unpaired) electrons. The molecule has 1 saturated carbocycles. The molecular weight excluding hydrogens is 400 g/mol. The highest BCUT2D eigenvalue weighted by atomic mass is 16.2. The molecule has 3 saturated heterocycles. The lowest BCUT2D eigenvalue weighted by Crippen LogP contribution is -2.51. The van der Waals surface area contributed by atoms with Crippen LogP contribution in [-0.4, -0.2) is 42.5 Å². The summed E-state index contributed by atoms with van der Waals surface area (Å²) in [5.41, 5.74) is 3.78. The molecule has 0 aromatic heterocycles. The molecule has 6 heteroatoms. The van der Waals surface area contributed by atoms with Gasteiger partial charge in [-0.15, -0.1) is 0 Å². The van der Waals surface area contributed by atoms with Gasteiger partial charge in [0.2, 0.25) is 5.91 Å². The number of amides is 3. The zero-order valence-corrected chi connectivity index (χ0v) is 18.5. The summed E-state index contributed by atoms with van der Waals surface area (Å²) in [4.78, 5) is 27.3. The summed E-state index contributed by atoms with van der Waals surface area (Å²) >= 11 is 0. The van der Waals surface area contributed by atoms with Crippen LogP contribution in [0.3, 0.4) is 0 Å². The van der Waals surface area contributed by atoms with Crippen LogP contribution in [0.4, 0.5) is 16.2 Å². The Bertz CT molecular complexity index is 943. The summed E-state index contributed by atoms with van der Waals surface area (Å²) in [5.74, 6) is 0.799. The Balaban J connectivity index is 1.16. The van der Waals surface area contributed by atoms with Crippen molar-refractivity contribution >= 4 is 23.3 Å². The number of anilines is 2. The van der Waals surface area contributed by atoms with Crippen LogP contribution in [0.2, 0.25) is 0 Å². The molecule has 1 atom stereocenters. The number of hydrogen-bond acceptors (Lipinski definition) is 3. The van der Waals surface area contributed by atoms with E-state index in [2.05, 4.69) is 20.9 Å². The van der Waals surface area contributed by atoms with Gasteiger partial charge in [-0.3, -0.25) is 4.79 Å². The molecule has 1 aliphatic carbocycles. The predicted molar refractivity (Wildman–Crippen MR) is 128 cm³/mol. The molecule has 2 aromatic rings. The molecule has 4 fully saturated rings. The fourth-order valence-corrected chi connectivity index (χ4v) is 5.41. The van der Waals surface area contributed by atoms with Crippen LogP contribution in [0.15, 0.2) is 48.5 Å². The largest absolute Gasteiger partial charge is 0.335 e. The maximum absolute atomic E-state index is 12.8. The fraction of sp³-hybridized carbons (Fsp3) is 0.462. The Morgan fingerprint density at radius 2 is 1.31 bits per heavy atom. The van der Waals surface area contributed by atoms with E-state index >= 15 is 0 Å². The molecule has 4 aliphatic rings. The van der Waals surface area contributed by atoms with E-state index in [0.29, 0.717) is 12.0 Å². The second-order valence-electron chi connectivity index (χ2n) is 9.47. The van der Waals surface area contributed by atoms with Gasteiger partial charge in [0.15, 0.2) is 0 Å².